The predicted molar refractivity (Wildman–Crippen MR) is 72.2 cm³/mol. The number of aliphatic hydroxyl groups is 1. The van der Waals surface area contributed by atoms with E-state index in [0.29, 0.717) is 5.92 Å². The van der Waals surface area contributed by atoms with Gasteiger partial charge in [-0.25, -0.2) is 0 Å². The lowest BCUT2D eigenvalue weighted by Gasteiger charge is -2.35. The van der Waals surface area contributed by atoms with Gasteiger partial charge >= 0.3 is 0 Å². The Kier molecular flexibility index (Phi) is 4.07. The molecule has 0 spiro atoms. The Hall–Kier alpha value is -0.580. The van der Waals surface area contributed by atoms with Gasteiger partial charge < -0.3 is 15.2 Å². The van der Waals surface area contributed by atoms with Crippen molar-refractivity contribution in [1.82, 2.24) is 0 Å². The average molecular weight is 300 g/mol. The number of anilines is 1. The van der Waals surface area contributed by atoms with Crippen LogP contribution in [-0.2, 0) is 4.74 Å². The summed E-state index contributed by atoms with van der Waals surface area (Å²) in [6.07, 6.45) is 1.00. The molecule has 0 aliphatic carbocycles. The summed E-state index contributed by atoms with van der Waals surface area (Å²) in [6, 6.07) is 8.00. The molecule has 2 unspecified atom stereocenters. The van der Waals surface area contributed by atoms with Gasteiger partial charge in [0, 0.05) is 22.7 Å². The number of hydrogen-bond acceptors (Lipinski definition) is 3. The van der Waals surface area contributed by atoms with E-state index in [-0.39, 0.29) is 12.1 Å². The number of nitrogens with one attached hydrogen (secondary N) is 1. The molecule has 94 valence electrons. The van der Waals surface area contributed by atoms with E-state index < -0.39 is 0 Å². The van der Waals surface area contributed by atoms with Crippen LogP contribution in [0.1, 0.15) is 13.3 Å². The second-order valence-corrected chi connectivity index (χ2v) is 5.68. The number of halogens is 1. The Morgan fingerprint density at radius 3 is 2.71 bits per heavy atom. The van der Waals surface area contributed by atoms with Gasteiger partial charge in [0.2, 0.25) is 0 Å². The standard InChI is InChI=1S/C13H18BrNO2/c1-13(9-16,10-6-7-17-8-10)15-12-4-2-11(14)3-5-12/h2-5,10,15-16H,6-9H2,1H3. The third kappa shape index (κ3) is 3.00. The van der Waals surface area contributed by atoms with E-state index in [2.05, 4.69) is 21.2 Å². The van der Waals surface area contributed by atoms with Gasteiger partial charge in [0.15, 0.2) is 0 Å². The first-order valence-corrected chi connectivity index (χ1v) is 6.66. The molecule has 1 aliphatic heterocycles. The number of rotatable bonds is 4. The van der Waals surface area contributed by atoms with Gasteiger partial charge in [-0.1, -0.05) is 15.9 Å². The highest BCUT2D eigenvalue weighted by atomic mass is 79.9. The van der Waals surface area contributed by atoms with Gasteiger partial charge in [0.05, 0.1) is 18.8 Å². The Labute approximate surface area is 110 Å². The first kappa shape index (κ1) is 12.9. The average Bonchev–Trinajstić information content (AvgIpc) is 2.86. The van der Waals surface area contributed by atoms with Crippen molar-refractivity contribution < 1.29 is 9.84 Å². The van der Waals surface area contributed by atoms with Crippen LogP contribution >= 0.6 is 15.9 Å². The van der Waals surface area contributed by atoms with Gasteiger partial charge in [0.1, 0.15) is 0 Å². The lowest BCUT2D eigenvalue weighted by molar-refractivity contribution is 0.137. The molecule has 4 heteroatoms. The molecule has 1 saturated heterocycles. The van der Waals surface area contributed by atoms with Crippen LogP contribution < -0.4 is 5.32 Å². The van der Waals surface area contributed by atoms with E-state index in [1.807, 2.05) is 31.2 Å². The first-order valence-electron chi connectivity index (χ1n) is 5.86. The molecule has 1 heterocycles. The second-order valence-electron chi connectivity index (χ2n) is 4.77. The van der Waals surface area contributed by atoms with Crippen molar-refractivity contribution in [1.29, 1.82) is 0 Å². The molecule has 2 N–H and O–H groups in total. The summed E-state index contributed by atoms with van der Waals surface area (Å²) < 4.78 is 6.46. The Morgan fingerprint density at radius 2 is 2.18 bits per heavy atom. The molecule has 1 aliphatic rings. The number of hydrogen-bond donors (Lipinski definition) is 2. The van der Waals surface area contributed by atoms with Crippen LogP contribution in [0.4, 0.5) is 5.69 Å². The van der Waals surface area contributed by atoms with Crippen LogP contribution in [-0.4, -0.2) is 30.5 Å². The lowest BCUT2D eigenvalue weighted by Crippen LogP contribution is -2.46. The number of benzene rings is 1. The summed E-state index contributed by atoms with van der Waals surface area (Å²) in [6.45, 7) is 3.67. The fourth-order valence-corrected chi connectivity index (χ4v) is 2.43. The van der Waals surface area contributed by atoms with Gasteiger partial charge in [-0.2, -0.15) is 0 Å². The van der Waals surface area contributed by atoms with Crippen LogP contribution in [0, 0.1) is 5.92 Å². The molecule has 2 atom stereocenters. The molecule has 0 aromatic heterocycles. The quantitative estimate of drug-likeness (QED) is 0.898. The van der Waals surface area contributed by atoms with E-state index in [0.717, 1.165) is 29.8 Å². The normalized spacial score (nSPS) is 23.4. The summed E-state index contributed by atoms with van der Waals surface area (Å²) in [5.74, 6) is 0.358. The summed E-state index contributed by atoms with van der Waals surface area (Å²) in [5, 5.41) is 13.1. The summed E-state index contributed by atoms with van der Waals surface area (Å²) in [4.78, 5) is 0. The molecule has 0 bridgehead atoms. The minimum absolute atomic E-state index is 0.108. The molecule has 0 radical (unpaired) electrons. The van der Waals surface area contributed by atoms with Crippen molar-refractivity contribution >= 4 is 21.6 Å². The van der Waals surface area contributed by atoms with Crippen LogP contribution in [0.25, 0.3) is 0 Å². The second kappa shape index (κ2) is 5.38. The maximum absolute atomic E-state index is 9.63. The lowest BCUT2D eigenvalue weighted by atomic mass is 9.85. The maximum Gasteiger partial charge on any atom is 0.0662 e. The zero-order chi connectivity index (χ0) is 12.3. The maximum atomic E-state index is 9.63. The fraction of sp³-hybridized carbons (Fsp3) is 0.538. The SMILES string of the molecule is CC(CO)(Nc1ccc(Br)cc1)C1CCOC1. The third-order valence-corrected chi connectivity index (χ3v) is 3.96. The van der Waals surface area contributed by atoms with Crippen molar-refractivity contribution in [3.05, 3.63) is 28.7 Å². The Balaban J connectivity index is 2.10. The van der Waals surface area contributed by atoms with E-state index in [1.54, 1.807) is 0 Å². The van der Waals surface area contributed by atoms with Crippen LogP contribution in [0.2, 0.25) is 0 Å². The third-order valence-electron chi connectivity index (χ3n) is 3.43. The smallest absolute Gasteiger partial charge is 0.0662 e. The van der Waals surface area contributed by atoms with Crippen LogP contribution in [0.15, 0.2) is 28.7 Å². The Bertz CT molecular complexity index is 362. The van der Waals surface area contributed by atoms with Crippen molar-refractivity contribution in [2.75, 3.05) is 25.1 Å². The zero-order valence-corrected chi connectivity index (χ0v) is 11.5. The topological polar surface area (TPSA) is 41.5 Å². The van der Waals surface area contributed by atoms with Crippen molar-refractivity contribution in [2.24, 2.45) is 5.92 Å². The van der Waals surface area contributed by atoms with Crippen molar-refractivity contribution in [2.45, 2.75) is 18.9 Å². The molecule has 1 aromatic rings. The zero-order valence-electron chi connectivity index (χ0n) is 9.95. The van der Waals surface area contributed by atoms with Crippen molar-refractivity contribution in [3.63, 3.8) is 0 Å². The summed E-state index contributed by atoms with van der Waals surface area (Å²) >= 11 is 3.41. The first-order chi connectivity index (χ1) is 8.14. The molecule has 2 rings (SSSR count). The molecule has 1 fully saturated rings. The monoisotopic (exact) mass is 299 g/mol. The van der Waals surface area contributed by atoms with Gasteiger partial charge in [-0.3, -0.25) is 0 Å². The number of aliphatic hydroxyl groups excluding tert-OH is 1. The van der Waals surface area contributed by atoms with Crippen molar-refractivity contribution in [3.8, 4) is 0 Å². The molecular weight excluding hydrogens is 282 g/mol. The molecule has 0 amide bonds. The largest absolute Gasteiger partial charge is 0.394 e. The molecule has 3 nitrogen and oxygen atoms in total. The minimum atomic E-state index is -0.315. The van der Waals surface area contributed by atoms with E-state index in [1.165, 1.54) is 0 Å². The van der Waals surface area contributed by atoms with E-state index in [4.69, 9.17) is 4.74 Å². The van der Waals surface area contributed by atoms with Gasteiger partial charge in [-0.05, 0) is 37.6 Å². The Morgan fingerprint density at radius 1 is 1.47 bits per heavy atom. The molecular formula is C13H18BrNO2. The highest BCUT2D eigenvalue weighted by Gasteiger charge is 2.36. The highest BCUT2D eigenvalue weighted by Crippen LogP contribution is 2.29. The van der Waals surface area contributed by atoms with E-state index in [9.17, 15) is 5.11 Å². The minimum Gasteiger partial charge on any atom is -0.394 e. The fourth-order valence-electron chi connectivity index (χ4n) is 2.17. The summed E-state index contributed by atoms with van der Waals surface area (Å²) in [5.41, 5.74) is 0.710. The summed E-state index contributed by atoms with van der Waals surface area (Å²) in [7, 11) is 0. The van der Waals surface area contributed by atoms with Gasteiger partial charge in [-0.15, -0.1) is 0 Å². The molecule has 1 aromatic carbocycles. The molecule has 17 heavy (non-hydrogen) atoms. The number of ether oxygens (including phenoxy) is 1. The van der Waals surface area contributed by atoms with Crippen LogP contribution in [0.3, 0.4) is 0 Å². The molecule has 0 saturated carbocycles. The van der Waals surface area contributed by atoms with Gasteiger partial charge in [0.25, 0.3) is 0 Å². The highest BCUT2D eigenvalue weighted by molar-refractivity contribution is 9.10. The van der Waals surface area contributed by atoms with E-state index >= 15 is 0 Å². The predicted octanol–water partition coefficient (Wildman–Crippen LogP) is 2.65. The van der Waals surface area contributed by atoms with Crippen LogP contribution in [0.5, 0.6) is 0 Å².